The van der Waals surface area contributed by atoms with Crippen molar-refractivity contribution in [3.63, 3.8) is 0 Å². The minimum absolute atomic E-state index is 0.0359. The van der Waals surface area contributed by atoms with Crippen LogP contribution in [0.25, 0.3) is 0 Å². The van der Waals surface area contributed by atoms with E-state index in [2.05, 4.69) is 12.2 Å². The average Bonchev–Trinajstić information content (AvgIpc) is 3.34. The van der Waals surface area contributed by atoms with Crippen LogP contribution in [0.4, 0.5) is 5.69 Å². The maximum absolute atomic E-state index is 13.5. The van der Waals surface area contributed by atoms with Crippen molar-refractivity contribution >= 4 is 29.4 Å². The number of aromatic hydroxyl groups is 2. The van der Waals surface area contributed by atoms with Crippen LogP contribution in [-0.2, 0) is 20.8 Å². The lowest BCUT2D eigenvalue weighted by Gasteiger charge is -2.23. The van der Waals surface area contributed by atoms with Crippen LogP contribution in [-0.4, -0.2) is 50.2 Å². The van der Waals surface area contributed by atoms with Crippen LogP contribution >= 0.6 is 0 Å². The van der Waals surface area contributed by atoms with Crippen molar-refractivity contribution in [3.05, 3.63) is 53.1 Å². The van der Waals surface area contributed by atoms with E-state index in [4.69, 9.17) is 0 Å². The van der Waals surface area contributed by atoms with E-state index >= 15 is 0 Å². The summed E-state index contributed by atoms with van der Waals surface area (Å²) >= 11 is 0. The van der Waals surface area contributed by atoms with Crippen LogP contribution in [0, 0.1) is 11.8 Å². The number of hydrogen-bond donors (Lipinski definition) is 5. The molecule has 190 valence electrons. The number of aryl methyl sites for hydroxylation is 1. The Hall–Kier alpha value is -3.92. The first-order chi connectivity index (χ1) is 17.1. The Bertz CT molecular complexity index is 1230. The molecule has 2 saturated heterocycles. The number of carboxylic acids is 2. The molecule has 2 aliphatic heterocycles. The number of rotatable bonds is 9. The van der Waals surface area contributed by atoms with Crippen molar-refractivity contribution in [3.8, 4) is 11.5 Å². The molecule has 36 heavy (non-hydrogen) atoms. The number of carboxylic acid groups (broad SMARTS) is 2. The van der Waals surface area contributed by atoms with Crippen molar-refractivity contribution in [1.29, 1.82) is 0 Å². The molecule has 2 aromatic carbocycles. The molecule has 2 aromatic rings. The summed E-state index contributed by atoms with van der Waals surface area (Å²) in [6.45, 7) is 2.08. The van der Waals surface area contributed by atoms with E-state index in [-0.39, 0.29) is 28.3 Å². The summed E-state index contributed by atoms with van der Waals surface area (Å²) in [5.74, 6) is -6.83. The molecule has 0 aromatic heterocycles. The number of phenolic OH excluding ortho intramolecular Hbond substituents is 2. The van der Waals surface area contributed by atoms with Crippen LogP contribution < -0.4 is 10.2 Å². The summed E-state index contributed by atoms with van der Waals surface area (Å²) in [5.41, 5.74) is 0.686. The van der Waals surface area contributed by atoms with Gasteiger partial charge in [0.2, 0.25) is 11.8 Å². The highest BCUT2D eigenvalue weighted by Crippen LogP contribution is 2.48. The molecule has 0 spiro atoms. The van der Waals surface area contributed by atoms with Gasteiger partial charge in [-0.05, 0) is 42.7 Å². The number of carbonyl (C=O) groups is 4. The molecule has 0 aliphatic carbocycles. The monoisotopic (exact) mass is 496 g/mol. The number of amides is 2. The Morgan fingerprint density at radius 3 is 2.33 bits per heavy atom. The Labute approximate surface area is 207 Å². The molecule has 0 bridgehead atoms. The maximum atomic E-state index is 13.5. The molecule has 2 fully saturated rings. The van der Waals surface area contributed by atoms with Gasteiger partial charge in [-0.2, -0.15) is 0 Å². The number of phenols is 2. The molecular weight excluding hydrogens is 468 g/mol. The fourth-order valence-corrected chi connectivity index (χ4v) is 5.19. The number of aromatic carboxylic acids is 1. The minimum atomic E-state index is -1.40. The van der Waals surface area contributed by atoms with Crippen LogP contribution in [0.5, 0.6) is 11.5 Å². The molecule has 0 radical (unpaired) electrons. The molecule has 2 amide bonds. The van der Waals surface area contributed by atoms with E-state index in [1.54, 1.807) is 6.07 Å². The van der Waals surface area contributed by atoms with E-state index in [1.165, 1.54) is 30.3 Å². The standard InChI is InChI=1S/C26H28N2O8/c1-2-3-4-5-7-13-11-16(18(30)12-17(13)29)21-19-20(22(27-21)26(35)36)24(32)28(23(19)31)15-9-6-8-14(10-15)25(33)34/h6,8-12,19-22,27,29-30H,2-5,7H2,1H3,(H,33,34)(H,35,36)/t19-,20-,21+,22+/m1/s1. The van der Waals surface area contributed by atoms with E-state index in [0.717, 1.165) is 30.6 Å². The number of imide groups is 1. The summed E-state index contributed by atoms with van der Waals surface area (Å²) in [5, 5.41) is 42.9. The fourth-order valence-electron chi connectivity index (χ4n) is 5.19. The molecule has 2 heterocycles. The SMILES string of the molecule is CCCCCCc1cc([C@@H]2N[C@H](C(=O)O)[C@@H]3C(=O)N(c4cccc(C(=O)O)c4)C(=O)[C@H]32)c(O)cc1O. The van der Waals surface area contributed by atoms with Crippen molar-refractivity contribution in [2.75, 3.05) is 4.90 Å². The van der Waals surface area contributed by atoms with E-state index in [0.29, 0.717) is 12.0 Å². The fraction of sp³-hybridized carbons (Fsp3) is 0.385. The third-order valence-electron chi connectivity index (χ3n) is 6.96. The Morgan fingerprint density at radius 1 is 0.944 bits per heavy atom. The second-order valence-corrected chi connectivity index (χ2v) is 9.23. The third-order valence-corrected chi connectivity index (χ3v) is 6.96. The second kappa shape index (κ2) is 9.98. The smallest absolute Gasteiger partial charge is 0.335 e. The van der Waals surface area contributed by atoms with Crippen LogP contribution in [0.1, 0.15) is 60.1 Å². The zero-order valence-electron chi connectivity index (χ0n) is 19.7. The summed E-state index contributed by atoms with van der Waals surface area (Å²) in [7, 11) is 0. The third kappa shape index (κ3) is 4.39. The van der Waals surface area contributed by atoms with Gasteiger partial charge in [0.1, 0.15) is 17.5 Å². The number of fused-ring (bicyclic) bond motifs is 1. The number of aliphatic carboxylic acids is 1. The van der Waals surface area contributed by atoms with Gasteiger partial charge in [-0.15, -0.1) is 0 Å². The topological polar surface area (TPSA) is 164 Å². The van der Waals surface area contributed by atoms with Gasteiger partial charge in [-0.1, -0.05) is 32.3 Å². The first kappa shape index (κ1) is 25.2. The summed E-state index contributed by atoms with van der Waals surface area (Å²) in [4.78, 5) is 51.1. The zero-order chi connectivity index (χ0) is 26.1. The van der Waals surface area contributed by atoms with Crippen LogP contribution in [0.15, 0.2) is 36.4 Å². The van der Waals surface area contributed by atoms with E-state index in [1.807, 2.05) is 0 Å². The number of nitrogens with zero attached hydrogens (tertiary/aromatic N) is 1. The molecule has 0 unspecified atom stereocenters. The average molecular weight is 497 g/mol. The highest BCUT2D eigenvalue weighted by Gasteiger charge is 2.61. The van der Waals surface area contributed by atoms with Crippen molar-refractivity contribution in [1.82, 2.24) is 5.32 Å². The van der Waals surface area contributed by atoms with Gasteiger partial charge in [-0.25, -0.2) is 9.69 Å². The Morgan fingerprint density at radius 2 is 1.67 bits per heavy atom. The Balaban J connectivity index is 1.72. The lowest BCUT2D eigenvalue weighted by Crippen LogP contribution is -2.43. The van der Waals surface area contributed by atoms with Crippen molar-refractivity contribution < 1.29 is 39.6 Å². The van der Waals surface area contributed by atoms with Crippen molar-refractivity contribution in [2.24, 2.45) is 11.8 Å². The van der Waals surface area contributed by atoms with E-state index in [9.17, 15) is 39.6 Å². The minimum Gasteiger partial charge on any atom is -0.508 e. The predicted molar refractivity (Wildman–Crippen MR) is 128 cm³/mol. The number of anilines is 1. The lowest BCUT2D eigenvalue weighted by atomic mass is 9.85. The van der Waals surface area contributed by atoms with Crippen LogP contribution in [0.2, 0.25) is 0 Å². The summed E-state index contributed by atoms with van der Waals surface area (Å²) in [6.07, 6.45) is 4.37. The largest absolute Gasteiger partial charge is 0.508 e. The number of hydrogen-bond acceptors (Lipinski definition) is 7. The molecule has 0 saturated carbocycles. The highest BCUT2D eigenvalue weighted by molar-refractivity contribution is 6.24. The first-order valence-corrected chi connectivity index (χ1v) is 11.9. The zero-order valence-corrected chi connectivity index (χ0v) is 19.7. The van der Waals surface area contributed by atoms with Gasteiger partial charge in [0.15, 0.2) is 0 Å². The van der Waals surface area contributed by atoms with Crippen LogP contribution in [0.3, 0.4) is 0 Å². The van der Waals surface area contributed by atoms with Gasteiger partial charge < -0.3 is 20.4 Å². The molecule has 10 nitrogen and oxygen atoms in total. The molecule has 5 N–H and O–H groups in total. The molecule has 4 rings (SSSR count). The number of benzene rings is 2. The predicted octanol–water partition coefficient (Wildman–Crippen LogP) is 2.82. The van der Waals surface area contributed by atoms with Crippen molar-refractivity contribution in [2.45, 2.75) is 51.1 Å². The summed E-state index contributed by atoms with van der Waals surface area (Å²) < 4.78 is 0. The molecular formula is C26H28N2O8. The van der Waals surface area contributed by atoms with Gasteiger partial charge >= 0.3 is 11.9 Å². The number of nitrogens with one attached hydrogen (secondary N) is 1. The highest BCUT2D eigenvalue weighted by atomic mass is 16.4. The lowest BCUT2D eigenvalue weighted by molar-refractivity contribution is -0.142. The maximum Gasteiger partial charge on any atom is 0.335 e. The summed E-state index contributed by atoms with van der Waals surface area (Å²) in [6, 6.07) is 5.64. The van der Waals surface area contributed by atoms with Gasteiger partial charge in [0.25, 0.3) is 0 Å². The number of unbranched alkanes of at least 4 members (excludes halogenated alkanes) is 3. The van der Waals surface area contributed by atoms with Gasteiger partial charge in [-0.3, -0.25) is 19.7 Å². The molecule has 2 aliphatic rings. The van der Waals surface area contributed by atoms with Gasteiger partial charge in [0.05, 0.1) is 23.1 Å². The first-order valence-electron chi connectivity index (χ1n) is 11.9. The quantitative estimate of drug-likeness (QED) is 0.259. The Kier molecular flexibility index (Phi) is 6.98. The van der Waals surface area contributed by atoms with E-state index < -0.39 is 47.7 Å². The van der Waals surface area contributed by atoms with Gasteiger partial charge in [0, 0.05) is 17.7 Å². The normalized spacial score (nSPS) is 23.2. The number of carbonyl (C=O) groups excluding carboxylic acids is 2. The second-order valence-electron chi connectivity index (χ2n) is 9.23. The molecule has 4 atom stereocenters. The molecule has 10 heteroatoms.